The fraction of sp³-hybridized carbons (Fsp3) is 0.105. The lowest BCUT2D eigenvalue weighted by Crippen LogP contribution is -2.24. The Kier molecular flexibility index (Phi) is 3.33. The number of hydrogen-bond acceptors (Lipinski definition) is 3. The summed E-state index contributed by atoms with van der Waals surface area (Å²) in [6.07, 6.45) is 1.75. The molecule has 0 bridgehead atoms. The Labute approximate surface area is 154 Å². The number of hydrogen-bond donors (Lipinski definition) is 1. The van der Waals surface area contributed by atoms with Crippen molar-refractivity contribution in [1.29, 1.82) is 0 Å². The van der Waals surface area contributed by atoms with Crippen molar-refractivity contribution >= 4 is 28.5 Å². The van der Waals surface area contributed by atoms with Gasteiger partial charge in [-0.1, -0.05) is 17.7 Å². The quantitative estimate of drug-likeness (QED) is 0.594. The maximum atomic E-state index is 12.3. The molecule has 7 heteroatoms. The average Bonchev–Trinajstić information content (AvgIpc) is 3.22. The molecule has 128 valence electrons. The van der Waals surface area contributed by atoms with Gasteiger partial charge in [-0.3, -0.25) is 4.79 Å². The van der Waals surface area contributed by atoms with E-state index in [-0.39, 0.29) is 5.91 Å². The van der Waals surface area contributed by atoms with E-state index in [1.165, 1.54) is 0 Å². The second-order valence-electron chi connectivity index (χ2n) is 6.12. The summed E-state index contributed by atoms with van der Waals surface area (Å²) in [5, 5.41) is 8.07. The van der Waals surface area contributed by atoms with Gasteiger partial charge in [0.05, 0.1) is 28.5 Å². The molecule has 5 rings (SSSR count). The lowest BCUT2D eigenvalue weighted by atomic mass is 10.2. The minimum atomic E-state index is -0.0630. The first-order valence-corrected chi connectivity index (χ1v) is 8.68. The molecule has 26 heavy (non-hydrogen) atoms. The molecule has 0 fully saturated rings. The van der Waals surface area contributed by atoms with E-state index in [9.17, 15) is 4.79 Å². The summed E-state index contributed by atoms with van der Waals surface area (Å²) in [6, 6.07) is 15.1. The van der Waals surface area contributed by atoms with Gasteiger partial charge in [0.2, 0.25) is 0 Å². The van der Waals surface area contributed by atoms with Crippen LogP contribution in [0.1, 0.15) is 10.4 Å². The average molecular weight is 364 g/mol. The summed E-state index contributed by atoms with van der Waals surface area (Å²) in [7, 11) is 0. The molecule has 0 saturated carbocycles. The first-order valence-electron chi connectivity index (χ1n) is 8.30. The van der Waals surface area contributed by atoms with Gasteiger partial charge < -0.3 is 9.88 Å². The lowest BCUT2D eigenvalue weighted by Gasteiger charge is -2.10. The molecule has 1 N–H and O–H groups in total. The molecule has 0 atom stereocenters. The number of carbonyl (C=O) groups excluding carboxylic acids is 1. The zero-order valence-electron chi connectivity index (χ0n) is 13.7. The molecule has 1 aliphatic rings. The van der Waals surface area contributed by atoms with Crippen molar-refractivity contribution in [2.45, 2.75) is 6.54 Å². The molecular weight excluding hydrogens is 350 g/mol. The van der Waals surface area contributed by atoms with Crippen molar-refractivity contribution in [3.8, 4) is 17.2 Å². The molecule has 0 spiro atoms. The van der Waals surface area contributed by atoms with E-state index in [2.05, 4.69) is 15.0 Å². The van der Waals surface area contributed by atoms with Crippen LogP contribution in [0, 0.1) is 0 Å². The van der Waals surface area contributed by atoms with Gasteiger partial charge in [0, 0.05) is 18.1 Å². The van der Waals surface area contributed by atoms with Crippen LogP contribution in [0.25, 0.3) is 28.2 Å². The fourth-order valence-electron chi connectivity index (χ4n) is 3.42. The lowest BCUT2D eigenvalue weighted by molar-refractivity contribution is 0.0956. The summed E-state index contributed by atoms with van der Waals surface area (Å²) < 4.78 is 3.92. The standard InChI is InChI=1S/C19H14ClN5O/c20-12-4-6-13(7-5-12)25-16(8-9-22-25)18-23-15-3-1-2-14-17(15)24(18)11-10-21-19(14)26/h1-9H,10-11H2,(H,21,26). The van der Waals surface area contributed by atoms with Crippen LogP contribution >= 0.6 is 11.6 Å². The molecule has 0 unspecified atom stereocenters. The Morgan fingerprint density at radius 2 is 1.92 bits per heavy atom. The third kappa shape index (κ3) is 2.23. The highest BCUT2D eigenvalue weighted by molar-refractivity contribution is 6.30. The SMILES string of the molecule is O=C1NCCn2c(-c3ccnn3-c3ccc(Cl)cc3)nc3cccc1c32. The smallest absolute Gasteiger partial charge is 0.253 e. The first kappa shape index (κ1) is 15.2. The molecular formula is C19H14ClN5O. The van der Waals surface area contributed by atoms with Gasteiger partial charge in [-0.2, -0.15) is 5.10 Å². The minimum Gasteiger partial charge on any atom is -0.350 e. The summed E-state index contributed by atoms with van der Waals surface area (Å²) in [4.78, 5) is 17.1. The number of aromatic nitrogens is 4. The number of benzene rings is 2. The summed E-state index contributed by atoms with van der Waals surface area (Å²) in [5.74, 6) is 0.725. The largest absolute Gasteiger partial charge is 0.350 e. The van der Waals surface area contributed by atoms with Gasteiger partial charge in [0.1, 0.15) is 5.69 Å². The topological polar surface area (TPSA) is 64.7 Å². The van der Waals surface area contributed by atoms with Crippen molar-refractivity contribution in [2.24, 2.45) is 0 Å². The molecule has 0 radical (unpaired) electrons. The van der Waals surface area contributed by atoms with E-state index in [4.69, 9.17) is 16.6 Å². The molecule has 4 aromatic rings. The Hall–Kier alpha value is -3.12. The number of imidazole rings is 1. The third-order valence-electron chi connectivity index (χ3n) is 4.58. The van der Waals surface area contributed by atoms with Crippen LogP contribution < -0.4 is 5.32 Å². The zero-order valence-corrected chi connectivity index (χ0v) is 14.4. The Balaban J connectivity index is 1.75. The highest BCUT2D eigenvalue weighted by atomic mass is 35.5. The van der Waals surface area contributed by atoms with E-state index >= 15 is 0 Å². The molecule has 6 nitrogen and oxygen atoms in total. The summed E-state index contributed by atoms with van der Waals surface area (Å²) in [6.45, 7) is 1.21. The van der Waals surface area contributed by atoms with Gasteiger partial charge in [-0.05, 0) is 42.5 Å². The van der Waals surface area contributed by atoms with Crippen molar-refractivity contribution in [3.05, 3.63) is 65.3 Å². The van der Waals surface area contributed by atoms with Gasteiger partial charge in [0.25, 0.3) is 5.91 Å². The van der Waals surface area contributed by atoms with Gasteiger partial charge >= 0.3 is 0 Å². The first-order chi connectivity index (χ1) is 12.7. The highest BCUT2D eigenvalue weighted by Gasteiger charge is 2.23. The number of amides is 1. The minimum absolute atomic E-state index is 0.0630. The molecule has 1 aliphatic heterocycles. The fourth-order valence-corrected chi connectivity index (χ4v) is 3.55. The van der Waals surface area contributed by atoms with Crippen LogP contribution in [0.2, 0.25) is 5.02 Å². The maximum Gasteiger partial charge on any atom is 0.253 e. The van der Waals surface area contributed by atoms with Crippen LogP contribution in [-0.2, 0) is 6.54 Å². The predicted octanol–water partition coefficient (Wildman–Crippen LogP) is 3.29. The van der Waals surface area contributed by atoms with Crippen molar-refractivity contribution < 1.29 is 4.79 Å². The van der Waals surface area contributed by atoms with Crippen LogP contribution in [0.5, 0.6) is 0 Å². The van der Waals surface area contributed by atoms with E-state index in [0.717, 1.165) is 28.2 Å². The van der Waals surface area contributed by atoms with E-state index in [1.807, 2.05) is 53.2 Å². The predicted molar refractivity (Wildman–Crippen MR) is 99.6 cm³/mol. The van der Waals surface area contributed by atoms with Crippen LogP contribution in [0.3, 0.4) is 0 Å². The summed E-state index contributed by atoms with van der Waals surface area (Å²) >= 11 is 6.00. The highest BCUT2D eigenvalue weighted by Crippen LogP contribution is 2.29. The van der Waals surface area contributed by atoms with Crippen molar-refractivity contribution in [3.63, 3.8) is 0 Å². The second kappa shape index (κ2) is 5.71. The number of carbonyl (C=O) groups is 1. The second-order valence-corrected chi connectivity index (χ2v) is 6.56. The Morgan fingerprint density at radius 1 is 1.08 bits per heavy atom. The monoisotopic (exact) mass is 363 g/mol. The normalized spacial score (nSPS) is 13.7. The molecule has 2 aromatic carbocycles. The van der Waals surface area contributed by atoms with Crippen LogP contribution in [-0.4, -0.2) is 31.8 Å². The molecule has 2 aromatic heterocycles. The molecule has 0 aliphatic carbocycles. The van der Waals surface area contributed by atoms with E-state index < -0.39 is 0 Å². The number of nitrogens with zero attached hydrogens (tertiary/aromatic N) is 4. The number of halogens is 1. The summed E-state index contributed by atoms with van der Waals surface area (Å²) in [5.41, 5.74) is 4.08. The number of nitrogens with one attached hydrogen (secondary N) is 1. The zero-order chi connectivity index (χ0) is 17.7. The molecule has 1 amide bonds. The Bertz CT molecular complexity index is 1140. The number of para-hydroxylation sites is 1. The van der Waals surface area contributed by atoms with Crippen molar-refractivity contribution in [2.75, 3.05) is 6.54 Å². The van der Waals surface area contributed by atoms with E-state index in [0.29, 0.717) is 23.7 Å². The maximum absolute atomic E-state index is 12.3. The molecule has 0 saturated heterocycles. The van der Waals surface area contributed by atoms with Gasteiger partial charge in [0.15, 0.2) is 5.82 Å². The Morgan fingerprint density at radius 3 is 2.77 bits per heavy atom. The van der Waals surface area contributed by atoms with Crippen LogP contribution in [0.4, 0.5) is 0 Å². The van der Waals surface area contributed by atoms with Crippen LogP contribution in [0.15, 0.2) is 54.7 Å². The third-order valence-corrected chi connectivity index (χ3v) is 4.83. The number of rotatable bonds is 2. The molecule has 3 heterocycles. The van der Waals surface area contributed by atoms with Gasteiger partial charge in [-0.25, -0.2) is 9.67 Å². The van der Waals surface area contributed by atoms with Crippen molar-refractivity contribution in [1.82, 2.24) is 24.6 Å². The van der Waals surface area contributed by atoms with E-state index in [1.54, 1.807) is 6.20 Å². The van der Waals surface area contributed by atoms with Gasteiger partial charge in [-0.15, -0.1) is 0 Å².